The van der Waals surface area contributed by atoms with E-state index in [9.17, 15) is 9.59 Å². The topological polar surface area (TPSA) is 46.6 Å². The van der Waals surface area contributed by atoms with Gasteiger partial charge in [0, 0.05) is 24.1 Å². The van der Waals surface area contributed by atoms with Crippen molar-refractivity contribution >= 4 is 27.8 Å². The second kappa shape index (κ2) is 7.92. The summed E-state index contributed by atoms with van der Waals surface area (Å²) in [5, 5.41) is 0. The quantitative estimate of drug-likeness (QED) is 0.752. The van der Waals surface area contributed by atoms with Crippen LogP contribution in [0.2, 0.25) is 0 Å². The SMILES string of the molecule is CN(C)C(=O)[C@H](OC(=O)Cc1ccc(Br)cc1)c1ccccc1. The number of benzene rings is 2. The zero-order chi connectivity index (χ0) is 16.8. The minimum Gasteiger partial charge on any atom is -0.447 e. The Morgan fingerprint density at radius 2 is 1.65 bits per heavy atom. The molecule has 0 saturated carbocycles. The molecule has 0 aliphatic heterocycles. The van der Waals surface area contributed by atoms with Crippen LogP contribution in [0.15, 0.2) is 59.1 Å². The van der Waals surface area contributed by atoms with E-state index < -0.39 is 12.1 Å². The Bertz CT molecular complexity index is 668. The molecule has 2 rings (SSSR count). The lowest BCUT2D eigenvalue weighted by molar-refractivity contribution is -0.159. The predicted molar refractivity (Wildman–Crippen MR) is 91.8 cm³/mol. The van der Waals surface area contributed by atoms with Gasteiger partial charge < -0.3 is 9.64 Å². The van der Waals surface area contributed by atoms with Gasteiger partial charge in [0.2, 0.25) is 6.10 Å². The number of carbonyl (C=O) groups is 2. The van der Waals surface area contributed by atoms with Crippen LogP contribution in [0.3, 0.4) is 0 Å². The fraction of sp³-hybridized carbons (Fsp3) is 0.222. The van der Waals surface area contributed by atoms with Gasteiger partial charge in [-0.15, -0.1) is 0 Å². The Labute approximate surface area is 144 Å². The van der Waals surface area contributed by atoms with E-state index >= 15 is 0 Å². The fourth-order valence-corrected chi connectivity index (χ4v) is 2.33. The van der Waals surface area contributed by atoms with Crippen molar-refractivity contribution in [2.45, 2.75) is 12.5 Å². The molecule has 0 unspecified atom stereocenters. The number of rotatable bonds is 5. The lowest BCUT2D eigenvalue weighted by atomic mass is 10.1. The first kappa shape index (κ1) is 17.2. The molecule has 1 atom stereocenters. The van der Waals surface area contributed by atoms with Gasteiger partial charge in [0.15, 0.2) is 0 Å². The summed E-state index contributed by atoms with van der Waals surface area (Å²) in [7, 11) is 3.28. The van der Waals surface area contributed by atoms with Crippen molar-refractivity contribution in [1.29, 1.82) is 0 Å². The molecule has 0 heterocycles. The Hall–Kier alpha value is -2.14. The van der Waals surface area contributed by atoms with Gasteiger partial charge in [-0.3, -0.25) is 9.59 Å². The van der Waals surface area contributed by atoms with Crippen LogP contribution >= 0.6 is 15.9 Å². The van der Waals surface area contributed by atoms with Gasteiger partial charge in [-0.25, -0.2) is 0 Å². The molecule has 2 aromatic rings. The predicted octanol–water partition coefficient (Wildman–Crippen LogP) is 3.36. The first-order valence-corrected chi connectivity index (χ1v) is 7.96. The van der Waals surface area contributed by atoms with Gasteiger partial charge >= 0.3 is 5.97 Å². The number of ether oxygens (including phenoxy) is 1. The van der Waals surface area contributed by atoms with E-state index in [0.717, 1.165) is 10.0 Å². The zero-order valence-electron chi connectivity index (χ0n) is 13.0. The highest BCUT2D eigenvalue weighted by atomic mass is 79.9. The number of esters is 1. The maximum atomic E-state index is 12.3. The van der Waals surface area contributed by atoms with E-state index in [1.54, 1.807) is 26.2 Å². The second-order valence-electron chi connectivity index (χ2n) is 5.32. The van der Waals surface area contributed by atoms with Crippen LogP contribution in [0.4, 0.5) is 0 Å². The number of nitrogens with zero attached hydrogens (tertiary/aromatic N) is 1. The average molecular weight is 376 g/mol. The molecule has 4 nitrogen and oxygen atoms in total. The summed E-state index contributed by atoms with van der Waals surface area (Å²) in [4.78, 5) is 25.9. The van der Waals surface area contributed by atoms with E-state index in [2.05, 4.69) is 15.9 Å². The molecule has 0 radical (unpaired) electrons. The summed E-state index contributed by atoms with van der Waals surface area (Å²) >= 11 is 3.35. The molecule has 1 amide bonds. The molecular weight excluding hydrogens is 358 g/mol. The van der Waals surface area contributed by atoms with Crippen molar-refractivity contribution in [3.63, 3.8) is 0 Å². The van der Waals surface area contributed by atoms with Crippen LogP contribution in [-0.2, 0) is 20.7 Å². The lowest BCUT2D eigenvalue weighted by Gasteiger charge is -2.21. The monoisotopic (exact) mass is 375 g/mol. The van der Waals surface area contributed by atoms with E-state index in [1.807, 2.05) is 42.5 Å². The van der Waals surface area contributed by atoms with Gasteiger partial charge in [0.1, 0.15) is 0 Å². The summed E-state index contributed by atoms with van der Waals surface area (Å²) < 4.78 is 6.40. The fourth-order valence-electron chi connectivity index (χ4n) is 2.07. The third kappa shape index (κ3) is 4.93. The van der Waals surface area contributed by atoms with Crippen LogP contribution in [0, 0.1) is 0 Å². The molecule has 0 aliphatic rings. The van der Waals surface area contributed by atoms with Crippen LogP contribution in [0.1, 0.15) is 17.2 Å². The number of hydrogen-bond donors (Lipinski definition) is 0. The van der Waals surface area contributed by atoms with Crippen molar-refractivity contribution in [3.8, 4) is 0 Å². The molecular formula is C18H18BrNO3. The van der Waals surface area contributed by atoms with E-state index in [1.165, 1.54) is 4.90 Å². The van der Waals surface area contributed by atoms with Crippen molar-refractivity contribution in [2.24, 2.45) is 0 Å². The first-order valence-electron chi connectivity index (χ1n) is 7.17. The molecule has 120 valence electrons. The highest BCUT2D eigenvalue weighted by Crippen LogP contribution is 2.20. The molecule has 0 aliphatic carbocycles. The smallest absolute Gasteiger partial charge is 0.311 e. The van der Waals surface area contributed by atoms with Crippen molar-refractivity contribution in [3.05, 3.63) is 70.2 Å². The average Bonchev–Trinajstić information content (AvgIpc) is 2.55. The van der Waals surface area contributed by atoms with Gasteiger partial charge in [-0.05, 0) is 17.7 Å². The van der Waals surface area contributed by atoms with E-state index in [4.69, 9.17) is 4.74 Å². The molecule has 0 saturated heterocycles. The van der Waals surface area contributed by atoms with E-state index in [0.29, 0.717) is 5.56 Å². The Kier molecular flexibility index (Phi) is 5.93. The van der Waals surface area contributed by atoms with Crippen molar-refractivity contribution in [1.82, 2.24) is 4.90 Å². The number of likely N-dealkylation sites (N-methyl/N-ethyl adjacent to an activating group) is 1. The summed E-state index contributed by atoms with van der Waals surface area (Å²) in [5.41, 5.74) is 1.50. The molecule has 0 aromatic heterocycles. The summed E-state index contributed by atoms with van der Waals surface area (Å²) in [5.74, 6) is -0.697. The third-order valence-electron chi connectivity index (χ3n) is 3.28. The van der Waals surface area contributed by atoms with Gasteiger partial charge in [0.05, 0.1) is 6.42 Å². The first-order chi connectivity index (χ1) is 11.0. The number of amides is 1. The lowest BCUT2D eigenvalue weighted by Crippen LogP contribution is -2.31. The minimum absolute atomic E-state index is 0.122. The van der Waals surface area contributed by atoms with Crippen molar-refractivity contribution < 1.29 is 14.3 Å². The summed E-state index contributed by atoms with van der Waals surface area (Å²) in [6.45, 7) is 0. The van der Waals surface area contributed by atoms with Crippen LogP contribution < -0.4 is 0 Å². The summed E-state index contributed by atoms with van der Waals surface area (Å²) in [6.07, 6.45) is -0.800. The summed E-state index contributed by atoms with van der Waals surface area (Å²) in [6, 6.07) is 16.4. The van der Waals surface area contributed by atoms with Gasteiger partial charge in [0.25, 0.3) is 5.91 Å². The normalized spacial score (nSPS) is 11.6. The molecule has 2 aromatic carbocycles. The second-order valence-corrected chi connectivity index (χ2v) is 6.23. The van der Waals surface area contributed by atoms with Crippen LogP contribution in [0.5, 0.6) is 0 Å². The molecule has 0 bridgehead atoms. The molecule has 0 spiro atoms. The largest absolute Gasteiger partial charge is 0.447 e. The maximum Gasteiger partial charge on any atom is 0.311 e. The molecule has 0 N–H and O–H groups in total. The number of hydrogen-bond acceptors (Lipinski definition) is 3. The highest BCUT2D eigenvalue weighted by molar-refractivity contribution is 9.10. The van der Waals surface area contributed by atoms with Crippen LogP contribution in [0.25, 0.3) is 0 Å². The standard InChI is InChI=1S/C18H18BrNO3/c1-20(2)18(22)17(14-6-4-3-5-7-14)23-16(21)12-13-8-10-15(19)11-9-13/h3-11,17H,12H2,1-2H3/t17-/m1/s1. The third-order valence-corrected chi connectivity index (χ3v) is 3.81. The number of halogens is 1. The molecule has 5 heteroatoms. The Balaban J connectivity index is 2.12. The van der Waals surface area contributed by atoms with Crippen LogP contribution in [-0.4, -0.2) is 30.9 Å². The minimum atomic E-state index is -0.922. The van der Waals surface area contributed by atoms with Gasteiger partial charge in [-0.1, -0.05) is 58.4 Å². The molecule has 0 fully saturated rings. The van der Waals surface area contributed by atoms with E-state index in [-0.39, 0.29) is 12.3 Å². The van der Waals surface area contributed by atoms with Gasteiger partial charge in [-0.2, -0.15) is 0 Å². The number of carbonyl (C=O) groups excluding carboxylic acids is 2. The van der Waals surface area contributed by atoms with Crippen molar-refractivity contribution in [2.75, 3.05) is 14.1 Å². The Morgan fingerprint density at radius 3 is 2.22 bits per heavy atom. The maximum absolute atomic E-state index is 12.3. The Morgan fingerprint density at radius 1 is 1.04 bits per heavy atom. The molecule has 23 heavy (non-hydrogen) atoms. The highest BCUT2D eigenvalue weighted by Gasteiger charge is 2.26. The zero-order valence-corrected chi connectivity index (χ0v) is 14.6.